The maximum absolute atomic E-state index is 5.54. The van der Waals surface area contributed by atoms with Crippen molar-refractivity contribution in [1.82, 2.24) is 4.98 Å². The normalized spacial score (nSPS) is 11.2. The van der Waals surface area contributed by atoms with Gasteiger partial charge in [0.25, 0.3) is 0 Å². The van der Waals surface area contributed by atoms with Gasteiger partial charge in [0.05, 0.1) is 0 Å². The molecule has 17 heavy (non-hydrogen) atoms. The van der Waals surface area contributed by atoms with Gasteiger partial charge >= 0.3 is 0 Å². The molecule has 1 aromatic rings. The highest BCUT2D eigenvalue weighted by atomic mass is 14.7. The minimum Gasteiger partial charge on any atom is -0.357 e. The first-order chi connectivity index (χ1) is 8.31. The molecular formula is C15H28N2. The molecule has 0 aliphatic heterocycles. The molecule has 0 saturated carbocycles. The van der Waals surface area contributed by atoms with Gasteiger partial charge in [-0.3, -0.25) is 0 Å². The largest absolute Gasteiger partial charge is 0.357 e. The van der Waals surface area contributed by atoms with Crippen LogP contribution in [-0.2, 0) is 6.54 Å². The van der Waals surface area contributed by atoms with E-state index in [9.17, 15) is 0 Å². The zero-order valence-corrected chi connectivity index (χ0v) is 12.0. The lowest BCUT2D eigenvalue weighted by molar-refractivity contribution is 1.00. The summed E-state index contributed by atoms with van der Waals surface area (Å²) in [5, 5.41) is 2.31. The number of H-pyrrole nitrogens is 1. The molecule has 2 nitrogen and oxygen atoms in total. The van der Waals surface area contributed by atoms with E-state index < -0.39 is 0 Å². The van der Waals surface area contributed by atoms with E-state index in [0.717, 1.165) is 17.5 Å². The van der Waals surface area contributed by atoms with Crippen molar-refractivity contribution in [2.45, 2.75) is 47.6 Å². The molecule has 0 aliphatic carbocycles. The minimum atomic E-state index is 0.551. The quantitative estimate of drug-likeness (QED) is 0.832. The van der Waals surface area contributed by atoms with Crippen LogP contribution in [0.3, 0.4) is 0 Å². The van der Waals surface area contributed by atoms with Gasteiger partial charge in [-0.15, -0.1) is 0 Å². The molecule has 0 unspecified atom stereocenters. The SMILES string of the molecule is C=C/C=c1/[nH]c(CN)c/c1=C/CC.CC.CC. The van der Waals surface area contributed by atoms with Crippen LogP contribution in [0.5, 0.6) is 0 Å². The second-order valence-corrected chi connectivity index (χ2v) is 2.88. The van der Waals surface area contributed by atoms with Gasteiger partial charge in [0.1, 0.15) is 0 Å². The Morgan fingerprint density at radius 2 is 1.88 bits per heavy atom. The first-order valence-electron chi connectivity index (χ1n) is 6.52. The summed E-state index contributed by atoms with van der Waals surface area (Å²) in [5.74, 6) is 0. The number of hydrogen-bond acceptors (Lipinski definition) is 1. The summed E-state index contributed by atoms with van der Waals surface area (Å²) in [6, 6.07) is 2.08. The number of aromatic nitrogens is 1. The third kappa shape index (κ3) is 6.80. The molecule has 0 saturated heterocycles. The Kier molecular flexibility index (Phi) is 13.6. The zero-order valence-electron chi connectivity index (χ0n) is 12.0. The summed E-state index contributed by atoms with van der Waals surface area (Å²) >= 11 is 0. The molecule has 1 heterocycles. The van der Waals surface area contributed by atoms with Crippen LogP contribution in [0.2, 0.25) is 0 Å². The number of rotatable bonds is 3. The van der Waals surface area contributed by atoms with Crippen molar-refractivity contribution >= 4 is 12.2 Å². The first kappa shape index (κ1) is 18.1. The molecule has 0 aromatic carbocycles. The van der Waals surface area contributed by atoms with E-state index >= 15 is 0 Å². The molecule has 0 spiro atoms. The molecule has 3 N–H and O–H groups in total. The lowest BCUT2D eigenvalue weighted by Crippen LogP contribution is -2.21. The Morgan fingerprint density at radius 1 is 1.29 bits per heavy atom. The standard InChI is InChI=1S/C11H16N2.2C2H6/c1-3-5-9-7-10(8-12)13-11(9)6-4-2;2*1-2/h4-7,13H,2-3,8,12H2,1H3;2*1-2H3/b9-5-,11-6+;;. The van der Waals surface area contributed by atoms with E-state index in [2.05, 4.69) is 30.6 Å². The number of nitrogens with two attached hydrogens (primary N) is 1. The van der Waals surface area contributed by atoms with Gasteiger partial charge in [0.2, 0.25) is 0 Å². The average Bonchev–Trinajstić information content (AvgIpc) is 2.78. The summed E-state index contributed by atoms with van der Waals surface area (Å²) in [4.78, 5) is 3.23. The molecule has 0 bridgehead atoms. The Bertz CT molecular complexity index is 386. The second kappa shape index (κ2) is 12.8. The monoisotopic (exact) mass is 236 g/mol. The molecule has 0 radical (unpaired) electrons. The Morgan fingerprint density at radius 3 is 2.29 bits per heavy atom. The Hall–Kier alpha value is -1.28. The lowest BCUT2D eigenvalue weighted by atomic mass is 10.3. The van der Waals surface area contributed by atoms with Crippen LogP contribution >= 0.6 is 0 Å². The lowest BCUT2D eigenvalue weighted by Gasteiger charge is -1.83. The molecule has 2 heteroatoms. The van der Waals surface area contributed by atoms with Gasteiger partial charge < -0.3 is 10.7 Å². The van der Waals surface area contributed by atoms with Crippen LogP contribution in [0.15, 0.2) is 18.7 Å². The van der Waals surface area contributed by atoms with Crippen LogP contribution in [0.4, 0.5) is 0 Å². The molecule has 0 aliphatic rings. The number of hydrogen-bond donors (Lipinski definition) is 2. The van der Waals surface area contributed by atoms with E-state index in [1.807, 2.05) is 33.8 Å². The van der Waals surface area contributed by atoms with Crippen LogP contribution in [0, 0.1) is 0 Å². The van der Waals surface area contributed by atoms with Crippen molar-refractivity contribution in [3.63, 3.8) is 0 Å². The first-order valence-corrected chi connectivity index (χ1v) is 6.52. The molecule has 1 rings (SSSR count). The summed E-state index contributed by atoms with van der Waals surface area (Å²) < 4.78 is 0. The summed E-state index contributed by atoms with van der Waals surface area (Å²) in [7, 11) is 0. The van der Waals surface area contributed by atoms with Crippen molar-refractivity contribution in [3.05, 3.63) is 35.0 Å². The topological polar surface area (TPSA) is 41.8 Å². The van der Waals surface area contributed by atoms with Crippen LogP contribution in [0.25, 0.3) is 12.2 Å². The van der Waals surface area contributed by atoms with Crippen molar-refractivity contribution in [1.29, 1.82) is 0 Å². The van der Waals surface area contributed by atoms with E-state index in [4.69, 9.17) is 5.73 Å². The molecule has 0 amide bonds. The Labute approximate surface area is 106 Å². The van der Waals surface area contributed by atoms with Crippen molar-refractivity contribution in [2.75, 3.05) is 0 Å². The van der Waals surface area contributed by atoms with Crippen LogP contribution < -0.4 is 16.3 Å². The van der Waals surface area contributed by atoms with E-state index in [-0.39, 0.29) is 0 Å². The van der Waals surface area contributed by atoms with E-state index in [1.54, 1.807) is 6.08 Å². The highest BCUT2D eigenvalue weighted by molar-refractivity contribution is 5.37. The number of nitrogens with one attached hydrogen (secondary N) is 1. The highest BCUT2D eigenvalue weighted by Gasteiger charge is 1.92. The fourth-order valence-electron chi connectivity index (χ4n) is 1.30. The predicted octanol–water partition coefficient (Wildman–Crippen LogP) is 2.68. The van der Waals surface area contributed by atoms with Crippen molar-refractivity contribution in [2.24, 2.45) is 5.73 Å². The van der Waals surface area contributed by atoms with Gasteiger partial charge in [-0.1, -0.05) is 53.3 Å². The van der Waals surface area contributed by atoms with Crippen molar-refractivity contribution in [3.8, 4) is 0 Å². The van der Waals surface area contributed by atoms with Crippen LogP contribution in [0.1, 0.15) is 46.7 Å². The molecule has 0 fully saturated rings. The van der Waals surface area contributed by atoms with Gasteiger partial charge in [-0.25, -0.2) is 0 Å². The maximum Gasteiger partial charge on any atom is 0.0452 e. The third-order valence-corrected chi connectivity index (χ3v) is 1.86. The van der Waals surface area contributed by atoms with Gasteiger partial charge in [0.15, 0.2) is 0 Å². The third-order valence-electron chi connectivity index (χ3n) is 1.86. The average molecular weight is 236 g/mol. The number of allylic oxidation sites excluding steroid dienone is 1. The smallest absolute Gasteiger partial charge is 0.0452 e. The Balaban J connectivity index is 0. The van der Waals surface area contributed by atoms with Gasteiger partial charge in [-0.05, 0) is 23.8 Å². The van der Waals surface area contributed by atoms with E-state index in [1.165, 1.54) is 5.22 Å². The molecular weight excluding hydrogens is 208 g/mol. The molecule has 0 atom stereocenters. The van der Waals surface area contributed by atoms with Gasteiger partial charge in [-0.2, -0.15) is 0 Å². The number of aromatic amines is 1. The summed E-state index contributed by atoms with van der Waals surface area (Å²) in [5.41, 5.74) is 6.60. The van der Waals surface area contributed by atoms with E-state index in [0.29, 0.717) is 6.54 Å². The molecule has 1 aromatic heterocycles. The predicted molar refractivity (Wildman–Crippen MR) is 80.0 cm³/mol. The fraction of sp³-hybridized carbons (Fsp3) is 0.467. The zero-order chi connectivity index (χ0) is 13.7. The summed E-state index contributed by atoms with van der Waals surface area (Å²) in [6.07, 6.45) is 6.94. The van der Waals surface area contributed by atoms with Crippen LogP contribution in [-0.4, -0.2) is 4.98 Å². The van der Waals surface area contributed by atoms with Crippen molar-refractivity contribution < 1.29 is 0 Å². The maximum atomic E-state index is 5.54. The highest BCUT2D eigenvalue weighted by Crippen LogP contribution is 1.84. The molecule has 98 valence electrons. The minimum absolute atomic E-state index is 0.551. The second-order valence-electron chi connectivity index (χ2n) is 2.88. The fourth-order valence-corrected chi connectivity index (χ4v) is 1.30. The van der Waals surface area contributed by atoms with Gasteiger partial charge in [0, 0.05) is 17.6 Å². The summed E-state index contributed by atoms with van der Waals surface area (Å²) in [6.45, 7) is 14.3.